The molecule has 0 aliphatic rings. The Bertz CT molecular complexity index is 656. The van der Waals surface area contributed by atoms with E-state index in [1.807, 2.05) is 6.07 Å². The summed E-state index contributed by atoms with van der Waals surface area (Å²) < 4.78 is 0. The zero-order valence-electron chi connectivity index (χ0n) is 10.4. The molecule has 0 fully saturated rings. The fourth-order valence-electron chi connectivity index (χ4n) is 2.31. The van der Waals surface area contributed by atoms with E-state index in [4.69, 9.17) is 0 Å². The van der Waals surface area contributed by atoms with Crippen LogP contribution in [0.4, 0.5) is 0 Å². The Labute approximate surface area is 106 Å². The van der Waals surface area contributed by atoms with Gasteiger partial charge in [0, 0.05) is 23.7 Å². The number of nitrogens with one attached hydrogen (secondary N) is 1. The highest BCUT2D eigenvalue weighted by atomic mass is 14.9. The van der Waals surface area contributed by atoms with Gasteiger partial charge in [-0.15, -0.1) is 0 Å². The van der Waals surface area contributed by atoms with Crippen molar-refractivity contribution in [1.29, 1.82) is 0 Å². The predicted octanol–water partition coefficient (Wildman–Crippen LogP) is 3.58. The number of hydrogen-bond donors (Lipinski definition) is 1. The molecule has 1 aromatic carbocycles. The first-order valence-electron chi connectivity index (χ1n) is 6.27. The average Bonchev–Trinajstić information content (AvgIpc) is 2.78. The molecule has 0 amide bonds. The van der Waals surface area contributed by atoms with Crippen LogP contribution in [0.1, 0.15) is 19.0 Å². The van der Waals surface area contributed by atoms with E-state index in [1.54, 1.807) is 12.4 Å². The van der Waals surface area contributed by atoms with Gasteiger partial charge in [-0.2, -0.15) is 0 Å². The quantitative estimate of drug-likeness (QED) is 0.756. The SMILES string of the molecule is CCCc1[nH]c2nccnc2c1-c1ccccc1. The molecule has 0 bridgehead atoms. The van der Waals surface area contributed by atoms with E-state index < -0.39 is 0 Å². The van der Waals surface area contributed by atoms with Gasteiger partial charge in [0.15, 0.2) is 5.65 Å². The van der Waals surface area contributed by atoms with Crippen molar-refractivity contribution in [3.63, 3.8) is 0 Å². The minimum absolute atomic E-state index is 0.875. The van der Waals surface area contributed by atoms with Crippen molar-refractivity contribution in [2.24, 2.45) is 0 Å². The van der Waals surface area contributed by atoms with Crippen molar-refractivity contribution >= 4 is 11.2 Å². The van der Waals surface area contributed by atoms with Crippen LogP contribution in [0, 0.1) is 0 Å². The van der Waals surface area contributed by atoms with E-state index in [1.165, 1.54) is 16.8 Å². The summed E-state index contributed by atoms with van der Waals surface area (Å²) in [5, 5.41) is 0. The number of H-pyrrole nitrogens is 1. The Hall–Kier alpha value is -2.16. The van der Waals surface area contributed by atoms with Gasteiger partial charge in [0.25, 0.3) is 0 Å². The zero-order chi connectivity index (χ0) is 12.4. The molecule has 0 radical (unpaired) electrons. The molecular formula is C15H15N3. The summed E-state index contributed by atoms with van der Waals surface area (Å²) in [6.07, 6.45) is 5.59. The lowest BCUT2D eigenvalue weighted by Crippen LogP contribution is -1.87. The highest BCUT2D eigenvalue weighted by Gasteiger charge is 2.13. The van der Waals surface area contributed by atoms with E-state index in [0.717, 1.165) is 24.0 Å². The van der Waals surface area contributed by atoms with E-state index >= 15 is 0 Å². The van der Waals surface area contributed by atoms with Crippen molar-refractivity contribution in [2.75, 3.05) is 0 Å². The summed E-state index contributed by atoms with van der Waals surface area (Å²) in [7, 11) is 0. The molecule has 0 aliphatic carbocycles. The predicted molar refractivity (Wildman–Crippen MR) is 73.3 cm³/mol. The molecule has 1 N–H and O–H groups in total. The summed E-state index contributed by atoms with van der Waals surface area (Å²) in [5.74, 6) is 0. The van der Waals surface area contributed by atoms with E-state index in [-0.39, 0.29) is 0 Å². The van der Waals surface area contributed by atoms with Crippen molar-refractivity contribution in [3.8, 4) is 11.1 Å². The number of aromatic nitrogens is 3. The molecule has 0 saturated carbocycles. The van der Waals surface area contributed by atoms with Gasteiger partial charge in [0.2, 0.25) is 0 Å². The van der Waals surface area contributed by atoms with E-state index in [0.29, 0.717) is 0 Å². The first-order chi connectivity index (χ1) is 8.90. The first kappa shape index (κ1) is 11.0. The third-order valence-electron chi connectivity index (χ3n) is 3.07. The Morgan fingerprint density at radius 1 is 1.06 bits per heavy atom. The number of benzene rings is 1. The van der Waals surface area contributed by atoms with Gasteiger partial charge in [0.05, 0.1) is 0 Å². The molecule has 0 saturated heterocycles. The minimum Gasteiger partial charge on any atom is -0.341 e. The van der Waals surface area contributed by atoms with Gasteiger partial charge < -0.3 is 4.98 Å². The molecular weight excluding hydrogens is 222 g/mol. The largest absolute Gasteiger partial charge is 0.341 e. The summed E-state index contributed by atoms with van der Waals surface area (Å²) in [6, 6.07) is 10.4. The van der Waals surface area contributed by atoms with Crippen LogP contribution in [-0.4, -0.2) is 15.0 Å². The molecule has 0 spiro atoms. The molecule has 18 heavy (non-hydrogen) atoms. The topological polar surface area (TPSA) is 41.6 Å². The van der Waals surface area contributed by atoms with Crippen LogP contribution in [0.2, 0.25) is 0 Å². The average molecular weight is 237 g/mol. The maximum Gasteiger partial charge on any atom is 0.156 e. The van der Waals surface area contributed by atoms with Gasteiger partial charge >= 0.3 is 0 Å². The molecule has 0 atom stereocenters. The number of nitrogens with zero attached hydrogens (tertiary/aromatic N) is 2. The Morgan fingerprint density at radius 3 is 2.61 bits per heavy atom. The highest BCUT2D eigenvalue weighted by Crippen LogP contribution is 2.30. The van der Waals surface area contributed by atoms with E-state index in [9.17, 15) is 0 Å². The lowest BCUT2D eigenvalue weighted by molar-refractivity contribution is 0.896. The number of hydrogen-bond acceptors (Lipinski definition) is 2. The Balaban J connectivity index is 2.28. The van der Waals surface area contributed by atoms with Crippen molar-refractivity contribution in [1.82, 2.24) is 15.0 Å². The van der Waals surface area contributed by atoms with Gasteiger partial charge in [-0.05, 0) is 12.0 Å². The van der Waals surface area contributed by atoms with Crippen LogP contribution in [0.3, 0.4) is 0 Å². The van der Waals surface area contributed by atoms with Crippen LogP contribution < -0.4 is 0 Å². The van der Waals surface area contributed by atoms with Crippen LogP contribution >= 0.6 is 0 Å². The monoisotopic (exact) mass is 237 g/mol. The van der Waals surface area contributed by atoms with Crippen molar-refractivity contribution in [3.05, 3.63) is 48.4 Å². The fourth-order valence-corrected chi connectivity index (χ4v) is 2.31. The number of fused-ring (bicyclic) bond motifs is 1. The molecule has 90 valence electrons. The van der Waals surface area contributed by atoms with Crippen LogP contribution in [0.15, 0.2) is 42.7 Å². The first-order valence-corrected chi connectivity index (χ1v) is 6.27. The standard InChI is InChI=1S/C15H15N3/c1-2-6-12-13(11-7-4-3-5-8-11)14-15(18-12)17-10-9-16-14/h3-5,7-10H,2,6H2,1H3,(H,17,18). The molecule has 3 nitrogen and oxygen atoms in total. The fraction of sp³-hybridized carbons (Fsp3) is 0.200. The maximum absolute atomic E-state index is 4.47. The number of aryl methyl sites for hydroxylation is 1. The summed E-state index contributed by atoms with van der Waals surface area (Å²) in [5.41, 5.74) is 5.46. The zero-order valence-corrected chi connectivity index (χ0v) is 10.4. The maximum atomic E-state index is 4.47. The summed E-state index contributed by atoms with van der Waals surface area (Å²) in [6.45, 7) is 2.18. The van der Waals surface area contributed by atoms with Crippen molar-refractivity contribution in [2.45, 2.75) is 19.8 Å². The molecule has 0 unspecified atom stereocenters. The third-order valence-corrected chi connectivity index (χ3v) is 3.07. The second-order valence-electron chi connectivity index (χ2n) is 4.35. The highest BCUT2D eigenvalue weighted by molar-refractivity contribution is 5.92. The van der Waals surface area contributed by atoms with Crippen LogP contribution in [0.25, 0.3) is 22.3 Å². The Morgan fingerprint density at radius 2 is 1.83 bits per heavy atom. The molecule has 3 heteroatoms. The molecule has 3 aromatic rings. The van der Waals surface area contributed by atoms with Gasteiger partial charge in [0.1, 0.15) is 5.52 Å². The van der Waals surface area contributed by atoms with Crippen LogP contribution in [0.5, 0.6) is 0 Å². The second kappa shape index (κ2) is 4.61. The second-order valence-corrected chi connectivity index (χ2v) is 4.35. The number of rotatable bonds is 3. The van der Waals surface area contributed by atoms with E-state index in [2.05, 4.69) is 46.1 Å². The number of aromatic amines is 1. The molecule has 0 aliphatic heterocycles. The molecule has 3 rings (SSSR count). The molecule has 2 heterocycles. The third kappa shape index (κ3) is 1.78. The lowest BCUT2D eigenvalue weighted by Gasteiger charge is -2.03. The van der Waals surface area contributed by atoms with Gasteiger partial charge in [-0.3, -0.25) is 4.98 Å². The summed E-state index contributed by atoms with van der Waals surface area (Å²) >= 11 is 0. The van der Waals surface area contributed by atoms with Crippen molar-refractivity contribution < 1.29 is 0 Å². The van der Waals surface area contributed by atoms with Crippen LogP contribution in [-0.2, 0) is 6.42 Å². The Kier molecular flexibility index (Phi) is 2.81. The van der Waals surface area contributed by atoms with Gasteiger partial charge in [-0.1, -0.05) is 43.7 Å². The summed E-state index contributed by atoms with van der Waals surface area (Å²) in [4.78, 5) is 12.2. The smallest absolute Gasteiger partial charge is 0.156 e. The van der Waals surface area contributed by atoms with Gasteiger partial charge in [-0.25, -0.2) is 4.98 Å². The lowest BCUT2D eigenvalue weighted by atomic mass is 10.0. The minimum atomic E-state index is 0.875. The molecule has 2 aromatic heterocycles. The normalized spacial score (nSPS) is 10.9.